The summed E-state index contributed by atoms with van der Waals surface area (Å²) in [5.74, 6) is 2.70. The monoisotopic (exact) mass is 387 g/mol. The minimum Gasteiger partial charge on any atom is -0.383 e. The van der Waals surface area contributed by atoms with Crippen LogP contribution in [-0.4, -0.2) is 38.6 Å². The van der Waals surface area contributed by atoms with Crippen molar-refractivity contribution < 1.29 is 9.26 Å². The molecular weight excluding hydrogens is 362 g/mol. The van der Waals surface area contributed by atoms with Crippen molar-refractivity contribution in [3.05, 3.63) is 41.5 Å². The van der Waals surface area contributed by atoms with Crippen molar-refractivity contribution in [1.82, 2.24) is 24.9 Å². The van der Waals surface area contributed by atoms with Gasteiger partial charge in [-0.2, -0.15) is 4.98 Å². The van der Waals surface area contributed by atoms with Gasteiger partial charge in [0.15, 0.2) is 16.8 Å². The Balaban J connectivity index is 1.81. The number of rotatable bonds is 7. The highest BCUT2D eigenvalue weighted by Crippen LogP contribution is 2.27. The molecular formula is C19H25N5O2S. The van der Waals surface area contributed by atoms with Gasteiger partial charge in [0.2, 0.25) is 5.89 Å². The largest absolute Gasteiger partial charge is 0.383 e. The second-order valence-electron chi connectivity index (χ2n) is 7.37. The van der Waals surface area contributed by atoms with E-state index in [-0.39, 0.29) is 5.41 Å². The van der Waals surface area contributed by atoms with Crippen LogP contribution in [0.3, 0.4) is 0 Å². The lowest BCUT2D eigenvalue weighted by Crippen LogP contribution is -2.11. The molecule has 27 heavy (non-hydrogen) atoms. The van der Waals surface area contributed by atoms with E-state index in [0.717, 1.165) is 16.5 Å². The SMILES string of the molecule is COCCn1c(SCc2noc(C(C)(C)C)n2)nnc1-c1cccc(C)c1. The Kier molecular flexibility index (Phi) is 5.96. The van der Waals surface area contributed by atoms with Crippen molar-refractivity contribution in [2.45, 2.75) is 50.6 Å². The number of hydrogen-bond donors (Lipinski definition) is 0. The average Bonchev–Trinajstić information content (AvgIpc) is 3.24. The molecule has 7 nitrogen and oxygen atoms in total. The third-order valence-electron chi connectivity index (χ3n) is 3.95. The Morgan fingerprint density at radius 1 is 1.22 bits per heavy atom. The lowest BCUT2D eigenvalue weighted by Gasteiger charge is -2.10. The van der Waals surface area contributed by atoms with Crippen molar-refractivity contribution in [2.75, 3.05) is 13.7 Å². The topological polar surface area (TPSA) is 78.9 Å². The van der Waals surface area contributed by atoms with E-state index in [1.807, 2.05) is 32.9 Å². The summed E-state index contributed by atoms with van der Waals surface area (Å²) in [6, 6.07) is 8.25. The number of nitrogens with zero attached hydrogens (tertiary/aromatic N) is 5. The molecule has 0 amide bonds. The summed E-state index contributed by atoms with van der Waals surface area (Å²) in [4.78, 5) is 4.48. The zero-order chi connectivity index (χ0) is 19.4. The van der Waals surface area contributed by atoms with Crippen LogP contribution in [0.25, 0.3) is 11.4 Å². The van der Waals surface area contributed by atoms with Gasteiger partial charge in [0.05, 0.1) is 18.9 Å². The Morgan fingerprint density at radius 2 is 2.04 bits per heavy atom. The number of thioether (sulfide) groups is 1. The summed E-state index contributed by atoms with van der Waals surface area (Å²) in [7, 11) is 1.69. The summed E-state index contributed by atoms with van der Waals surface area (Å²) >= 11 is 1.54. The molecule has 2 heterocycles. The van der Waals surface area contributed by atoms with Gasteiger partial charge in [-0.15, -0.1) is 10.2 Å². The Labute approximate surface area is 163 Å². The van der Waals surface area contributed by atoms with Crippen LogP contribution in [0.1, 0.15) is 38.0 Å². The molecule has 0 spiro atoms. The number of benzene rings is 1. The minimum absolute atomic E-state index is 0.160. The Bertz CT molecular complexity index is 898. The van der Waals surface area contributed by atoms with Crippen molar-refractivity contribution in [3.8, 4) is 11.4 Å². The highest BCUT2D eigenvalue weighted by atomic mass is 32.2. The highest BCUT2D eigenvalue weighted by Gasteiger charge is 2.22. The van der Waals surface area contributed by atoms with Gasteiger partial charge < -0.3 is 9.26 Å². The molecule has 3 rings (SSSR count). The van der Waals surface area contributed by atoms with Crippen molar-refractivity contribution in [1.29, 1.82) is 0 Å². The minimum atomic E-state index is -0.160. The van der Waals surface area contributed by atoms with Crippen LogP contribution in [0.2, 0.25) is 0 Å². The fourth-order valence-electron chi connectivity index (χ4n) is 2.52. The van der Waals surface area contributed by atoms with E-state index < -0.39 is 0 Å². The summed E-state index contributed by atoms with van der Waals surface area (Å²) in [5.41, 5.74) is 2.07. The summed E-state index contributed by atoms with van der Waals surface area (Å²) in [5, 5.41) is 13.7. The van der Waals surface area contributed by atoms with Gasteiger partial charge in [-0.3, -0.25) is 4.57 Å². The van der Waals surface area contributed by atoms with Crippen LogP contribution in [0.15, 0.2) is 33.9 Å². The molecule has 0 saturated carbocycles. The van der Waals surface area contributed by atoms with Crippen LogP contribution >= 0.6 is 11.8 Å². The zero-order valence-corrected chi connectivity index (χ0v) is 17.2. The molecule has 0 aliphatic heterocycles. The molecule has 8 heteroatoms. The van der Waals surface area contributed by atoms with Crippen LogP contribution in [0, 0.1) is 6.92 Å². The lowest BCUT2D eigenvalue weighted by atomic mass is 9.97. The van der Waals surface area contributed by atoms with Crippen LogP contribution < -0.4 is 0 Å². The Hall–Kier alpha value is -2.19. The number of hydrogen-bond acceptors (Lipinski definition) is 7. The quantitative estimate of drug-likeness (QED) is 0.569. The van der Waals surface area contributed by atoms with E-state index in [0.29, 0.717) is 30.6 Å². The predicted molar refractivity (Wildman–Crippen MR) is 105 cm³/mol. The van der Waals surface area contributed by atoms with E-state index in [1.165, 1.54) is 5.56 Å². The van der Waals surface area contributed by atoms with Gasteiger partial charge in [-0.25, -0.2) is 0 Å². The zero-order valence-electron chi connectivity index (χ0n) is 16.4. The van der Waals surface area contributed by atoms with E-state index in [2.05, 4.69) is 44.0 Å². The second-order valence-corrected chi connectivity index (χ2v) is 8.32. The predicted octanol–water partition coefficient (Wildman–Crippen LogP) is 3.87. The van der Waals surface area contributed by atoms with E-state index in [4.69, 9.17) is 9.26 Å². The van der Waals surface area contributed by atoms with Gasteiger partial charge >= 0.3 is 0 Å². The first kappa shape index (κ1) is 19.6. The van der Waals surface area contributed by atoms with Gasteiger partial charge in [0.25, 0.3) is 0 Å². The first-order valence-corrected chi connectivity index (χ1v) is 9.82. The van der Waals surface area contributed by atoms with Gasteiger partial charge in [0.1, 0.15) is 0 Å². The highest BCUT2D eigenvalue weighted by molar-refractivity contribution is 7.98. The van der Waals surface area contributed by atoms with Crippen LogP contribution in [0.4, 0.5) is 0 Å². The normalized spacial score (nSPS) is 11.9. The third-order valence-corrected chi connectivity index (χ3v) is 4.91. The molecule has 0 bridgehead atoms. The number of aromatic nitrogens is 5. The summed E-state index contributed by atoms with van der Waals surface area (Å²) in [6.07, 6.45) is 0. The van der Waals surface area contributed by atoms with E-state index >= 15 is 0 Å². The van der Waals surface area contributed by atoms with E-state index in [1.54, 1.807) is 18.9 Å². The van der Waals surface area contributed by atoms with E-state index in [9.17, 15) is 0 Å². The fraction of sp³-hybridized carbons (Fsp3) is 0.474. The molecule has 0 N–H and O–H groups in total. The molecule has 0 radical (unpaired) electrons. The maximum absolute atomic E-state index is 5.36. The second kappa shape index (κ2) is 8.22. The Morgan fingerprint density at radius 3 is 2.70 bits per heavy atom. The van der Waals surface area contributed by atoms with Crippen molar-refractivity contribution >= 4 is 11.8 Å². The van der Waals surface area contributed by atoms with Gasteiger partial charge in [-0.05, 0) is 13.0 Å². The molecule has 0 atom stereocenters. The fourth-order valence-corrected chi connectivity index (χ4v) is 3.33. The molecule has 0 aliphatic carbocycles. The number of aryl methyl sites for hydroxylation is 1. The molecule has 144 valence electrons. The third kappa shape index (κ3) is 4.75. The number of methoxy groups -OCH3 is 1. The first-order valence-electron chi connectivity index (χ1n) is 8.83. The van der Waals surface area contributed by atoms with Crippen molar-refractivity contribution in [3.63, 3.8) is 0 Å². The van der Waals surface area contributed by atoms with Gasteiger partial charge in [0, 0.05) is 18.1 Å². The molecule has 0 fully saturated rings. The molecule has 2 aromatic heterocycles. The number of ether oxygens (including phenoxy) is 1. The smallest absolute Gasteiger partial charge is 0.232 e. The average molecular weight is 388 g/mol. The molecule has 0 saturated heterocycles. The first-order chi connectivity index (χ1) is 12.9. The van der Waals surface area contributed by atoms with Crippen LogP contribution in [-0.2, 0) is 22.4 Å². The molecule has 0 unspecified atom stereocenters. The lowest BCUT2D eigenvalue weighted by molar-refractivity contribution is 0.185. The van der Waals surface area contributed by atoms with Crippen LogP contribution in [0.5, 0.6) is 0 Å². The maximum atomic E-state index is 5.36. The van der Waals surface area contributed by atoms with Gasteiger partial charge in [-0.1, -0.05) is 61.5 Å². The molecule has 3 aromatic rings. The van der Waals surface area contributed by atoms with Crippen molar-refractivity contribution in [2.24, 2.45) is 0 Å². The maximum Gasteiger partial charge on any atom is 0.232 e. The molecule has 0 aliphatic rings. The standard InChI is InChI=1S/C19H25N5O2S/c1-13-7-6-8-14(11-13)16-21-22-18(24(16)9-10-25-5)27-12-15-20-17(26-23-15)19(2,3)4/h6-8,11H,9-10,12H2,1-5H3. The summed E-state index contributed by atoms with van der Waals surface area (Å²) < 4.78 is 12.7. The summed E-state index contributed by atoms with van der Waals surface area (Å²) in [6.45, 7) is 9.47. The molecule has 1 aromatic carbocycles.